The van der Waals surface area contributed by atoms with Crippen LogP contribution in [0.15, 0.2) is 5.38 Å². The Hall–Kier alpha value is -0.900. The smallest absolute Gasteiger partial charge is 0.310 e. The van der Waals surface area contributed by atoms with Crippen molar-refractivity contribution in [1.82, 2.24) is 4.98 Å². The van der Waals surface area contributed by atoms with Crippen molar-refractivity contribution >= 4 is 17.3 Å². The lowest BCUT2D eigenvalue weighted by atomic mass is 10.1. The number of hydrogen-bond donors (Lipinski definition) is 1. The maximum absolute atomic E-state index is 10.5. The molecule has 1 N–H and O–H groups in total. The molecule has 3 nitrogen and oxygen atoms in total. The molecule has 14 heavy (non-hydrogen) atoms. The molecule has 0 aromatic carbocycles. The Morgan fingerprint density at radius 2 is 2.29 bits per heavy atom. The van der Waals surface area contributed by atoms with Crippen LogP contribution in [0.4, 0.5) is 0 Å². The monoisotopic (exact) mass is 211 g/mol. The molecule has 0 radical (unpaired) electrons. The largest absolute Gasteiger partial charge is 0.481 e. The number of hydrogen-bond acceptors (Lipinski definition) is 3. The highest BCUT2D eigenvalue weighted by molar-refractivity contribution is 7.09. The van der Waals surface area contributed by atoms with Gasteiger partial charge in [-0.15, -0.1) is 11.3 Å². The SMILES string of the molecule is O=C(O)Cc1nc(C2CCCC2)cs1. The van der Waals surface area contributed by atoms with Crippen molar-refractivity contribution < 1.29 is 9.90 Å². The third kappa shape index (κ3) is 2.12. The lowest BCUT2D eigenvalue weighted by Crippen LogP contribution is -2.00. The molecule has 0 bridgehead atoms. The highest BCUT2D eigenvalue weighted by Crippen LogP contribution is 2.34. The molecule has 1 aliphatic carbocycles. The second-order valence-electron chi connectivity index (χ2n) is 3.72. The highest BCUT2D eigenvalue weighted by Gasteiger charge is 2.19. The second-order valence-corrected chi connectivity index (χ2v) is 4.66. The minimum atomic E-state index is -0.794. The molecule has 4 heteroatoms. The van der Waals surface area contributed by atoms with Gasteiger partial charge in [0.2, 0.25) is 0 Å². The van der Waals surface area contributed by atoms with Gasteiger partial charge in [0.05, 0.1) is 12.1 Å². The number of aromatic nitrogens is 1. The van der Waals surface area contributed by atoms with Crippen LogP contribution in [0.1, 0.15) is 42.3 Å². The van der Waals surface area contributed by atoms with E-state index >= 15 is 0 Å². The molecule has 1 aromatic heterocycles. The van der Waals surface area contributed by atoms with E-state index in [1.165, 1.54) is 37.0 Å². The van der Waals surface area contributed by atoms with E-state index in [2.05, 4.69) is 4.98 Å². The number of nitrogens with zero attached hydrogens (tertiary/aromatic N) is 1. The predicted molar refractivity (Wildman–Crippen MR) is 54.7 cm³/mol. The Kier molecular flexibility index (Phi) is 2.82. The Morgan fingerprint density at radius 1 is 1.57 bits per heavy atom. The quantitative estimate of drug-likeness (QED) is 0.835. The number of rotatable bonds is 3. The first-order chi connectivity index (χ1) is 6.75. The second kappa shape index (κ2) is 4.09. The Bertz CT molecular complexity index is 329. The van der Waals surface area contributed by atoms with Crippen LogP contribution in [0.5, 0.6) is 0 Å². The third-order valence-corrected chi connectivity index (χ3v) is 3.51. The maximum atomic E-state index is 10.5. The molecule has 2 rings (SSSR count). The van der Waals surface area contributed by atoms with E-state index in [4.69, 9.17) is 5.11 Å². The minimum Gasteiger partial charge on any atom is -0.481 e. The molecule has 0 aliphatic heterocycles. The highest BCUT2D eigenvalue weighted by atomic mass is 32.1. The van der Waals surface area contributed by atoms with Crippen molar-refractivity contribution in [3.8, 4) is 0 Å². The molecular formula is C10H13NO2S. The van der Waals surface area contributed by atoms with E-state index in [0.29, 0.717) is 5.92 Å². The van der Waals surface area contributed by atoms with Crippen LogP contribution in [0.2, 0.25) is 0 Å². The topological polar surface area (TPSA) is 50.2 Å². The molecule has 0 unspecified atom stereocenters. The number of thiazole rings is 1. The number of aliphatic carboxylic acids is 1. The summed E-state index contributed by atoms with van der Waals surface area (Å²) in [5, 5.41) is 11.4. The zero-order valence-corrected chi connectivity index (χ0v) is 8.72. The van der Waals surface area contributed by atoms with Crippen molar-refractivity contribution in [2.45, 2.75) is 38.0 Å². The first kappa shape index (κ1) is 9.65. The van der Waals surface area contributed by atoms with E-state index in [9.17, 15) is 4.79 Å². The Labute approximate surface area is 86.8 Å². The van der Waals surface area contributed by atoms with Gasteiger partial charge in [0.15, 0.2) is 0 Å². The fourth-order valence-electron chi connectivity index (χ4n) is 1.94. The molecule has 1 aromatic rings. The lowest BCUT2D eigenvalue weighted by Gasteiger charge is -2.02. The summed E-state index contributed by atoms with van der Waals surface area (Å²) in [7, 11) is 0. The van der Waals surface area contributed by atoms with Gasteiger partial charge in [0.25, 0.3) is 0 Å². The van der Waals surface area contributed by atoms with Crippen LogP contribution in [0, 0.1) is 0 Å². The number of carbonyl (C=O) groups is 1. The molecule has 0 spiro atoms. The summed E-state index contributed by atoms with van der Waals surface area (Å²) in [5.41, 5.74) is 1.11. The van der Waals surface area contributed by atoms with Crippen molar-refractivity contribution in [2.75, 3.05) is 0 Å². The third-order valence-electron chi connectivity index (χ3n) is 2.65. The summed E-state index contributed by atoms with van der Waals surface area (Å²) in [6.07, 6.45) is 5.08. The van der Waals surface area contributed by atoms with Gasteiger partial charge >= 0.3 is 5.97 Å². The zero-order valence-electron chi connectivity index (χ0n) is 7.90. The first-order valence-electron chi connectivity index (χ1n) is 4.92. The van der Waals surface area contributed by atoms with Gasteiger partial charge in [-0.2, -0.15) is 0 Å². The van der Waals surface area contributed by atoms with Crippen LogP contribution in [-0.2, 0) is 11.2 Å². The number of carboxylic acid groups (broad SMARTS) is 1. The Balaban J connectivity index is 2.05. The minimum absolute atomic E-state index is 0.0669. The summed E-state index contributed by atoms with van der Waals surface area (Å²) in [6.45, 7) is 0. The van der Waals surface area contributed by atoms with E-state index in [1.54, 1.807) is 0 Å². The fourth-order valence-corrected chi connectivity index (χ4v) is 2.81. The van der Waals surface area contributed by atoms with Gasteiger partial charge in [-0.1, -0.05) is 12.8 Å². The zero-order chi connectivity index (χ0) is 9.97. The summed E-state index contributed by atoms with van der Waals surface area (Å²) >= 11 is 1.47. The molecule has 1 heterocycles. The van der Waals surface area contributed by atoms with Gasteiger partial charge in [0.1, 0.15) is 5.01 Å². The molecule has 0 amide bonds. The normalized spacial score (nSPS) is 17.4. The van der Waals surface area contributed by atoms with Crippen molar-refractivity contribution in [3.05, 3.63) is 16.1 Å². The molecule has 0 atom stereocenters. The summed E-state index contributed by atoms with van der Waals surface area (Å²) < 4.78 is 0. The Morgan fingerprint density at radius 3 is 2.93 bits per heavy atom. The lowest BCUT2D eigenvalue weighted by molar-refractivity contribution is -0.136. The van der Waals surface area contributed by atoms with Gasteiger partial charge in [-0.05, 0) is 12.8 Å². The van der Waals surface area contributed by atoms with Crippen LogP contribution in [0.3, 0.4) is 0 Å². The molecule has 0 saturated heterocycles. The molecule has 1 aliphatic rings. The van der Waals surface area contributed by atoms with Crippen LogP contribution in [-0.4, -0.2) is 16.1 Å². The average molecular weight is 211 g/mol. The number of carboxylic acids is 1. The van der Waals surface area contributed by atoms with Crippen LogP contribution < -0.4 is 0 Å². The van der Waals surface area contributed by atoms with Crippen LogP contribution >= 0.6 is 11.3 Å². The van der Waals surface area contributed by atoms with E-state index in [0.717, 1.165) is 10.7 Å². The van der Waals surface area contributed by atoms with Gasteiger partial charge in [-0.25, -0.2) is 4.98 Å². The van der Waals surface area contributed by atoms with Gasteiger partial charge in [0, 0.05) is 11.3 Å². The molecule has 1 saturated carbocycles. The van der Waals surface area contributed by atoms with E-state index < -0.39 is 5.97 Å². The summed E-state index contributed by atoms with van der Waals surface area (Å²) in [4.78, 5) is 14.8. The van der Waals surface area contributed by atoms with Crippen molar-refractivity contribution in [1.29, 1.82) is 0 Å². The first-order valence-corrected chi connectivity index (χ1v) is 5.80. The van der Waals surface area contributed by atoms with E-state index in [1.807, 2.05) is 5.38 Å². The van der Waals surface area contributed by atoms with Crippen molar-refractivity contribution in [2.24, 2.45) is 0 Å². The maximum Gasteiger partial charge on any atom is 0.310 e. The van der Waals surface area contributed by atoms with Crippen LogP contribution in [0.25, 0.3) is 0 Å². The van der Waals surface area contributed by atoms with Crippen molar-refractivity contribution in [3.63, 3.8) is 0 Å². The van der Waals surface area contributed by atoms with Gasteiger partial charge < -0.3 is 5.11 Å². The van der Waals surface area contributed by atoms with E-state index in [-0.39, 0.29) is 6.42 Å². The average Bonchev–Trinajstić information content (AvgIpc) is 2.69. The molecule has 76 valence electrons. The fraction of sp³-hybridized carbons (Fsp3) is 0.600. The predicted octanol–water partition coefficient (Wildman–Crippen LogP) is 2.43. The summed E-state index contributed by atoms with van der Waals surface area (Å²) in [6, 6.07) is 0. The summed E-state index contributed by atoms with van der Waals surface area (Å²) in [5.74, 6) is -0.203. The molecular weight excluding hydrogens is 198 g/mol. The van der Waals surface area contributed by atoms with Gasteiger partial charge in [-0.3, -0.25) is 4.79 Å². The molecule has 1 fully saturated rings. The standard InChI is InChI=1S/C10H13NO2S/c12-10(13)5-9-11-8(6-14-9)7-3-1-2-4-7/h6-7H,1-5H2,(H,12,13).